The summed E-state index contributed by atoms with van der Waals surface area (Å²) in [6.45, 7) is 0. The highest BCUT2D eigenvalue weighted by molar-refractivity contribution is 7.20. The predicted molar refractivity (Wildman–Crippen MR) is 216 cm³/mol. The standard InChI is InChI=1S/C46H32N4OSi/c1-3-15-35(16-4-1)52(36-17-5-2-6-18-36)45-24-12-11-23-43(45)51-44-28-26-33(32-46(44)52)49-39-20-8-7-19-37(39)38-31-34(25-27-40(38)49)50-42-22-10-9-21-41(42)47-29-13-14-30-48(47)50/h1-32H. The van der Waals surface area contributed by atoms with Crippen LogP contribution in [-0.2, 0) is 0 Å². The molecule has 0 unspecified atom stereocenters. The molecule has 0 atom stereocenters. The third kappa shape index (κ3) is 3.98. The highest BCUT2D eigenvalue weighted by Crippen LogP contribution is 2.46. The molecule has 0 radical (unpaired) electrons. The van der Waals surface area contributed by atoms with Crippen molar-refractivity contribution in [2.75, 3.05) is 10.0 Å². The van der Waals surface area contributed by atoms with Crippen LogP contribution < -0.4 is 35.5 Å². The summed E-state index contributed by atoms with van der Waals surface area (Å²) in [6, 6.07) is 61.8. The molecule has 3 aliphatic rings. The number of aromatic nitrogens is 1. The quantitative estimate of drug-likeness (QED) is 0.174. The van der Waals surface area contributed by atoms with Crippen LogP contribution in [0.4, 0.5) is 17.1 Å². The van der Waals surface area contributed by atoms with Crippen molar-refractivity contribution in [1.29, 1.82) is 0 Å². The molecule has 11 rings (SSSR count). The summed E-state index contributed by atoms with van der Waals surface area (Å²) in [5, 5.41) is 14.3. The molecule has 1 aromatic heterocycles. The molecule has 3 aliphatic heterocycles. The van der Waals surface area contributed by atoms with E-state index in [0.717, 1.165) is 39.8 Å². The number of para-hydroxylation sites is 4. The summed E-state index contributed by atoms with van der Waals surface area (Å²) < 4.78 is 9.20. The van der Waals surface area contributed by atoms with Crippen molar-refractivity contribution in [2.45, 2.75) is 0 Å². The molecule has 0 bridgehead atoms. The molecule has 4 heterocycles. The van der Waals surface area contributed by atoms with Gasteiger partial charge in [-0.15, -0.1) is 0 Å². The topological polar surface area (TPSA) is 23.9 Å². The van der Waals surface area contributed by atoms with E-state index in [2.05, 4.69) is 214 Å². The van der Waals surface area contributed by atoms with Gasteiger partial charge in [0.05, 0.1) is 28.1 Å². The van der Waals surface area contributed by atoms with Crippen molar-refractivity contribution in [3.8, 4) is 17.2 Å². The van der Waals surface area contributed by atoms with Crippen LogP contribution in [0.3, 0.4) is 0 Å². The van der Waals surface area contributed by atoms with Crippen LogP contribution in [0.25, 0.3) is 27.5 Å². The van der Waals surface area contributed by atoms with E-state index in [9.17, 15) is 0 Å². The molecule has 0 amide bonds. The molecule has 5 nitrogen and oxygen atoms in total. The Morgan fingerprint density at radius 1 is 0.442 bits per heavy atom. The van der Waals surface area contributed by atoms with Gasteiger partial charge in [-0.25, -0.2) is 10.0 Å². The first-order valence-electron chi connectivity index (χ1n) is 17.7. The fraction of sp³-hybridized carbons (Fsp3) is 0. The van der Waals surface area contributed by atoms with Gasteiger partial charge < -0.3 is 9.30 Å². The van der Waals surface area contributed by atoms with Gasteiger partial charge in [0.25, 0.3) is 0 Å². The van der Waals surface area contributed by atoms with Crippen LogP contribution in [0.15, 0.2) is 194 Å². The first kappa shape index (κ1) is 29.0. The number of ether oxygens (including phenoxy) is 1. The number of allylic oxidation sites excluding steroid dienone is 2. The van der Waals surface area contributed by atoms with Crippen molar-refractivity contribution in [3.63, 3.8) is 0 Å². The Balaban J connectivity index is 1.15. The number of hydrazine groups is 2. The monoisotopic (exact) mass is 684 g/mol. The lowest BCUT2D eigenvalue weighted by atomic mass is 10.1. The molecule has 7 aromatic carbocycles. The molecule has 8 aromatic rings. The minimum Gasteiger partial charge on any atom is -0.458 e. The van der Waals surface area contributed by atoms with Gasteiger partial charge in [0.2, 0.25) is 0 Å². The number of hydrogen-bond donors (Lipinski definition) is 0. The number of benzene rings is 7. The van der Waals surface area contributed by atoms with Crippen molar-refractivity contribution in [1.82, 2.24) is 9.69 Å². The molecule has 6 heteroatoms. The Kier molecular flexibility index (Phi) is 6.20. The Morgan fingerprint density at radius 3 is 1.90 bits per heavy atom. The molecular weight excluding hydrogens is 653 g/mol. The lowest BCUT2D eigenvalue weighted by Gasteiger charge is -2.39. The summed E-state index contributed by atoms with van der Waals surface area (Å²) in [5.41, 5.74) is 6.83. The molecule has 0 saturated carbocycles. The Hall–Kier alpha value is -6.76. The zero-order chi connectivity index (χ0) is 34.2. The highest BCUT2D eigenvalue weighted by atomic mass is 28.3. The van der Waals surface area contributed by atoms with Crippen molar-refractivity contribution < 1.29 is 4.74 Å². The van der Waals surface area contributed by atoms with Crippen molar-refractivity contribution in [2.24, 2.45) is 0 Å². The molecule has 0 saturated heterocycles. The predicted octanol–water partition coefficient (Wildman–Crippen LogP) is 8.40. The minimum atomic E-state index is -2.80. The molecular formula is C46H32N4OSi. The number of fused-ring (bicyclic) bond motifs is 8. The number of hydrogen-bond acceptors (Lipinski definition) is 4. The summed E-state index contributed by atoms with van der Waals surface area (Å²) in [7, 11) is -2.80. The van der Waals surface area contributed by atoms with E-state index in [4.69, 9.17) is 4.74 Å². The number of anilines is 3. The maximum absolute atomic E-state index is 6.77. The SMILES string of the molecule is C1=CN2c3ccccc3N(c3ccc4c(c3)c3ccccc3n4-c3ccc4c(c3)[Si](c3ccccc3)(c3ccccc3)c3ccccc3O4)N2C=C1. The molecule has 0 N–H and O–H groups in total. The first-order chi connectivity index (χ1) is 25.8. The Morgan fingerprint density at radius 2 is 1.08 bits per heavy atom. The summed E-state index contributed by atoms with van der Waals surface area (Å²) >= 11 is 0. The lowest BCUT2D eigenvalue weighted by Crippen LogP contribution is -2.76. The summed E-state index contributed by atoms with van der Waals surface area (Å²) in [5.74, 6) is 1.86. The first-order valence-corrected chi connectivity index (χ1v) is 19.7. The van der Waals surface area contributed by atoms with Crippen LogP contribution >= 0.6 is 0 Å². The Labute approximate surface area is 302 Å². The van der Waals surface area contributed by atoms with Crippen LogP contribution in [0, 0.1) is 0 Å². The van der Waals surface area contributed by atoms with Gasteiger partial charge in [0, 0.05) is 28.9 Å². The third-order valence-corrected chi connectivity index (χ3v) is 15.6. The van der Waals surface area contributed by atoms with E-state index < -0.39 is 8.07 Å². The van der Waals surface area contributed by atoms with Gasteiger partial charge in [0.1, 0.15) is 11.5 Å². The van der Waals surface area contributed by atoms with E-state index in [1.54, 1.807) is 0 Å². The van der Waals surface area contributed by atoms with Crippen LogP contribution in [0.2, 0.25) is 0 Å². The highest BCUT2D eigenvalue weighted by Gasteiger charge is 2.48. The summed E-state index contributed by atoms with van der Waals surface area (Å²) in [6.07, 6.45) is 8.36. The fourth-order valence-electron chi connectivity index (χ4n) is 8.66. The fourth-order valence-corrected chi connectivity index (χ4v) is 13.6. The maximum atomic E-state index is 6.77. The van der Waals surface area contributed by atoms with E-state index in [0.29, 0.717) is 0 Å². The zero-order valence-corrected chi connectivity index (χ0v) is 29.2. The average molecular weight is 685 g/mol. The second-order valence-corrected chi connectivity index (χ2v) is 17.2. The van der Waals surface area contributed by atoms with Crippen molar-refractivity contribution in [3.05, 3.63) is 194 Å². The van der Waals surface area contributed by atoms with Crippen LogP contribution in [0.5, 0.6) is 11.5 Å². The molecule has 0 spiro atoms. The Bertz CT molecular complexity index is 2710. The maximum Gasteiger partial charge on any atom is 0.188 e. The van der Waals surface area contributed by atoms with Gasteiger partial charge in [-0.3, -0.25) is 0 Å². The van der Waals surface area contributed by atoms with Crippen LogP contribution in [0.1, 0.15) is 0 Å². The smallest absolute Gasteiger partial charge is 0.188 e. The van der Waals surface area contributed by atoms with Gasteiger partial charge >= 0.3 is 0 Å². The molecule has 0 aliphatic carbocycles. The number of rotatable bonds is 4. The average Bonchev–Trinajstić information content (AvgIpc) is 3.73. The van der Waals surface area contributed by atoms with E-state index in [1.807, 2.05) is 0 Å². The molecule has 246 valence electrons. The summed E-state index contributed by atoms with van der Waals surface area (Å²) in [4.78, 5) is 0. The van der Waals surface area contributed by atoms with E-state index >= 15 is 0 Å². The third-order valence-electron chi connectivity index (χ3n) is 10.8. The van der Waals surface area contributed by atoms with Crippen LogP contribution in [-0.4, -0.2) is 17.8 Å². The second kappa shape index (κ2) is 11.1. The second-order valence-electron chi connectivity index (χ2n) is 13.5. The van der Waals surface area contributed by atoms with Gasteiger partial charge in [-0.1, -0.05) is 109 Å². The molecule has 0 fully saturated rings. The van der Waals surface area contributed by atoms with Gasteiger partial charge in [-0.2, -0.15) is 5.12 Å². The molecule has 52 heavy (non-hydrogen) atoms. The zero-order valence-electron chi connectivity index (χ0n) is 28.2. The van der Waals surface area contributed by atoms with E-state index in [1.165, 1.54) is 37.0 Å². The lowest BCUT2D eigenvalue weighted by molar-refractivity contribution is 0.408. The van der Waals surface area contributed by atoms with Gasteiger partial charge in [-0.05, 0) is 93.6 Å². The normalized spacial score (nSPS) is 15.0. The van der Waals surface area contributed by atoms with Gasteiger partial charge in [0.15, 0.2) is 8.07 Å². The van der Waals surface area contributed by atoms with E-state index in [-0.39, 0.29) is 0 Å². The largest absolute Gasteiger partial charge is 0.458 e. The number of nitrogens with zero attached hydrogens (tertiary/aromatic N) is 4. The minimum absolute atomic E-state index is 0.922. The van der Waals surface area contributed by atoms with Crippen molar-refractivity contribution >= 4 is 67.7 Å².